The highest BCUT2D eigenvalue weighted by molar-refractivity contribution is 6.31. The van der Waals surface area contributed by atoms with Gasteiger partial charge in [-0.1, -0.05) is 11.6 Å². The summed E-state index contributed by atoms with van der Waals surface area (Å²) < 4.78 is 10.5. The first-order valence-corrected chi connectivity index (χ1v) is 9.34. The van der Waals surface area contributed by atoms with Gasteiger partial charge >= 0.3 is 0 Å². The van der Waals surface area contributed by atoms with Crippen molar-refractivity contribution < 1.29 is 19.2 Å². The Morgan fingerprint density at radius 3 is 2.69 bits per heavy atom. The quantitative estimate of drug-likeness (QED) is 0.523. The maximum atomic E-state index is 12.4. The summed E-state index contributed by atoms with van der Waals surface area (Å²) in [5.41, 5.74) is 1.92. The van der Waals surface area contributed by atoms with Gasteiger partial charge in [0.1, 0.15) is 5.75 Å². The van der Waals surface area contributed by atoms with E-state index in [1.54, 1.807) is 12.1 Å². The molecule has 154 valence electrons. The Balaban J connectivity index is 1.68. The molecule has 1 heterocycles. The maximum Gasteiger partial charge on any atom is 0.273 e. The van der Waals surface area contributed by atoms with Crippen LogP contribution >= 0.6 is 11.6 Å². The number of nitro groups is 1. The Bertz CT molecular complexity index is 902. The van der Waals surface area contributed by atoms with Crippen molar-refractivity contribution in [2.45, 2.75) is 0 Å². The van der Waals surface area contributed by atoms with Crippen molar-refractivity contribution in [3.8, 4) is 5.75 Å². The third kappa shape index (κ3) is 5.27. The van der Waals surface area contributed by atoms with Crippen LogP contribution in [0.4, 0.5) is 22.7 Å². The number of ether oxygens (including phenoxy) is 2. The summed E-state index contributed by atoms with van der Waals surface area (Å²) >= 11 is 6.13. The molecule has 9 nitrogen and oxygen atoms in total. The number of anilines is 3. The molecule has 1 saturated heterocycles. The topological polar surface area (TPSA) is 106 Å². The fourth-order valence-electron chi connectivity index (χ4n) is 3.00. The van der Waals surface area contributed by atoms with Crippen molar-refractivity contribution in [2.75, 3.05) is 55.5 Å². The number of rotatable bonds is 7. The van der Waals surface area contributed by atoms with Crippen LogP contribution in [0.3, 0.4) is 0 Å². The third-order valence-corrected chi connectivity index (χ3v) is 4.65. The summed E-state index contributed by atoms with van der Waals surface area (Å²) in [6.45, 7) is 2.77. The number of non-ortho nitro benzene ring substituents is 1. The number of benzene rings is 2. The molecule has 2 aromatic rings. The Kier molecular flexibility index (Phi) is 6.73. The van der Waals surface area contributed by atoms with Gasteiger partial charge in [-0.15, -0.1) is 0 Å². The fraction of sp³-hybridized carbons (Fsp3) is 0.316. The molecule has 1 aliphatic heterocycles. The van der Waals surface area contributed by atoms with Gasteiger partial charge in [-0.2, -0.15) is 0 Å². The van der Waals surface area contributed by atoms with Crippen LogP contribution in [0, 0.1) is 10.1 Å². The predicted octanol–water partition coefficient (Wildman–Crippen LogP) is 3.14. The van der Waals surface area contributed by atoms with Gasteiger partial charge in [0.25, 0.3) is 5.69 Å². The van der Waals surface area contributed by atoms with Crippen molar-refractivity contribution in [3.05, 3.63) is 51.5 Å². The molecule has 0 aromatic heterocycles. The minimum Gasteiger partial charge on any atom is -0.494 e. The van der Waals surface area contributed by atoms with Gasteiger partial charge < -0.3 is 25.0 Å². The van der Waals surface area contributed by atoms with Gasteiger partial charge in [-0.05, 0) is 24.3 Å². The van der Waals surface area contributed by atoms with Gasteiger partial charge in [0.2, 0.25) is 5.91 Å². The number of halogens is 1. The Hall–Kier alpha value is -3.04. The zero-order valence-electron chi connectivity index (χ0n) is 15.8. The number of methoxy groups -OCH3 is 1. The van der Waals surface area contributed by atoms with Gasteiger partial charge in [-0.3, -0.25) is 14.9 Å². The highest BCUT2D eigenvalue weighted by Crippen LogP contribution is 2.31. The summed E-state index contributed by atoms with van der Waals surface area (Å²) in [4.78, 5) is 24.9. The van der Waals surface area contributed by atoms with Crippen LogP contribution in [0.25, 0.3) is 0 Å². The van der Waals surface area contributed by atoms with Gasteiger partial charge in [0.05, 0.1) is 54.9 Å². The molecular weight excluding hydrogens is 400 g/mol. The van der Waals surface area contributed by atoms with E-state index in [1.807, 2.05) is 6.07 Å². The molecule has 3 rings (SSSR count). The molecule has 1 aliphatic rings. The summed E-state index contributed by atoms with van der Waals surface area (Å²) in [5, 5.41) is 17.2. The molecule has 0 spiro atoms. The zero-order valence-corrected chi connectivity index (χ0v) is 16.6. The first-order chi connectivity index (χ1) is 14.0. The van der Waals surface area contributed by atoms with Crippen LogP contribution in [0.1, 0.15) is 0 Å². The number of carbonyl (C=O) groups is 1. The third-order valence-electron chi connectivity index (χ3n) is 4.42. The summed E-state index contributed by atoms with van der Waals surface area (Å²) in [6, 6.07) is 9.49. The number of hydrogen-bond donors (Lipinski definition) is 2. The number of nitrogens with one attached hydrogen (secondary N) is 2. The number of nitro benzene ring substituents is 1. The lowest BCUT2D eigenvalue weighted by molar-refractivity contribution is -0.384. The van der Waals surface area contributed by atoms with Crippen LogP contribution in [-0.4, -0.2) is 50.8 Å². The SMILES string of the molecule is COc1cc([N+](=O)[O-])ccc1NC(=O)CNc1cc(Cl)ccc1N1CCOCC1. The molecule has 2 aromatic carbocycles. The van der Waals surface area contributed by atoms with E-state index in [9.17, 15) is 14.9 Å². The molecule has 29 heavy (non-hydrogen) atoms. The predicted molar refractivity (Wildman–Crippen MR) is 111 cm³/mol. The molecule has 0 radical (unpaired) electrons. The normalized spacial score (nSPS) is 13.7. The van der Waals surface area contributed by atoms with Crippen molar-refractivity contribution in [3.63, 3.8) is 0 Å². The van der Waals surface area contributed by atoms with E-state index in [4.69, 9.17) is 21.1 Å². The monoisotopic (exact) mass is 420 g/mol. The summed E-state index contributed by atoms with van der Waals surface area (Å²) in [7, 11) is 1.38. The van der Waals surface area contributed by atoms with E-state index >= 15 is 0 Å². The highest BCUT2D eigenvalue weighted by Gasteiger charge is 2.17. The van der Waals surface area contributed by atoms with Gasteiger partial charge in [0, 0.05) is 24.2 Å². The molecule has 0 atom stereocenters. The number of hydrogen-bond acceptors (Lipinski definition) is 7. The molecule has 10 heteroatoms. The molecule has 0 bridgehead atoms. The summed E-state index contributed by atoms with van der Waals surface area (Å²) in [6.07, 6.45) is 0. The minimum atomic E-state index is -0.526. The van der Waals surface area contributed by atoms with Crippen molar-refractivity contribution >= 4 is 40.3 Å². The van der Waals surface area contributed by atoms with Crippen LogP contribution in [0.5, 0.6) is 5.75 Å². The Labute approximate surface area is 172 Å². The number of morpholine rings is 1. The number of nitrogens with zero attached hydrogens (tertiary/aromatic N) is 2. The molecule has 2 N–H and O–H groups in total. The van der Waals surface area contributed by atoms with E-state index in [-0.39, 0.29) is 23.9 Å². The average molecular weight is 421 g/mol. The average Bonchev–Trinajstić information content (AvgIpc) is 2.73. The maximum absolute atomic E-state index is 12.4. The van der Waals surface area contributed by atoms with E-state index in [0.29, 0.717) is 23.9 Å². The largest absolute Gasteiger partial charge is 0.494 e. The lowest BCUT2D eigenvalue weighted by Crippen LogP contribution is -2.36. The summed E-state index contributed by atoms with van der Waals surface area (Å²) in [5.74, 6) is -0.116. The Morgan fingerprint density at radius 2 is 2.00 bits per heavy atom. The van der Waals surface area contributed by atoms with Crippen molar-refractivity contribution in [2.24, 2.45) is 0 Å². The van der Waals surface area contributed by atoms with Crippen molar-refractivity contribution in [1.82, 2.24) is 0 Å². The molecule has 0 unspecified atom stereocenters. The van der Waals surface area contributed by atoms with Crippen molar-refractivity contribution in [1.29, 1.82) is 0 Å². The van der Waals surface area contributed by atoms with E-state index in [0.717, 1.165) is 24.5 Å². The lowest BCUT2D eigenvalue weighted by Gasteiger charge is -2.30. The first-order valence-electron chi connectivity index (χ1n) is 8.96. The second-order valence-corrected chi connectivity index (χ2v) is 6.74. The second-order valence-electron chi connectivity index (χ2n) is 6.30. The second kappa shape index (κ2) is 9.44. The Morgan fingerprint density at radius 1 is 1.24 bits per heavy atom. The molecule has 1 amide bonds. The van der Waals surface area contributed by atoms with E-state index < -0.39 is 4.92 Å². The van der Waals surface area contributed by atoms with E-state index in [2.05, 4.69) is 15.5 Å². The van der Waals surface area contributed by atoms with Crippen LogP contribution in [-0.2, 0) is 9.53 Å². The van der Waals surface area contributed by atoms with Crippen LogP contribution in [0.2, 0.25) is 5.02 Å². The number of carbonyl (C=O) groups excluding carboxylic acids is 1. The lowest BCUT2D eigenvalue weighted by atomic mass is 10.2. The standard InChI is InChI=1S/C19H21ClN4O5/c1-28-18-11-14(24(26)27)3-4-15(18)22-19(25)12-21-16-10-13(20)2-5-17(16)23-6-8-29-9-7-23/h2-5,10-11,21H,6-9,12H2,1H3,(H,22,25). The van der Waals surface area contributed by atoms with Gasteiger partial charge in [0.15, 0.2) is 0 Å². The molecule has 0 aliphatic carbocycles. The molecular formula is C19H21ClN4O5. The van der Waals surface area contributed by atoms with Gasteiger partial charge in [-0.25, -0.2) is 0 Å². The first kappa shape index (κ1) is 20.7. The van der Waals surface area contributed by atoms with E-state index in [1.165, 1.54) is 25.3 Å². The molecule has 0 saturated carbocycles. The molecule has 1 fully saturated rings. The van der Waals surface area contributed by atoms with Crippen LogP contribution < -0.4 is 20.3 Å². The number of amides is 1. The zero-order chi connectivity index (χ0) is 20.8. The van der Waals surface area contributed by atoms with Crippen LogP contribution in [0.15, 0.2) is 36.4 Å². The smallest absolute Gasteiger partial charge is 0.273 e. The fourth-order valence-corrected chi connectivity index (χ4v) is 3.17. The minimum absolute atomic E-state index is 0.0160. The highest BCUT2D eigenvalue weighted by atomic mass is 35.5.